The number of piperazine rings is 1. The molecule has 0 spiro atoms. The van der Waals surface area contributed by atoms with Crippen LogP contribution in [0.3, 0.4) is 0 Å². The first-order valence-electron chi connectivity index (χ1n) is 11.1. The Morgan fingerprint density at radius 3 is 2.35 bits per heavy atom. The van der Waals surface area contributed by atoms with E-state index in [0.29, 0.717) is 24.7 Å². The summed E-state index contributed by atoms with van der Waals surface area (Å²) in [6, 6.07) is 14.9. The highest BCUT2D eigenvalue weighted by atomic mass is 32.2. The van der Waals surface area contributed by atoms with Crippen molar-refractivity contribution in [1.82, 2.24) is 14.5 Å². The summed E-state index contributed by atoms with van der Waals surface area (Å²) in [5, 5.41) is 0. The average Bonchev–Trinajstić information content (AvgIpc) is 3.33. The van der Waals surface area contributed by atoms with Gasteiger partial charge in [-0.1, -0.05) is 49.2 Å². The minimum absolute atomic E-state index is 0.0799. The molecule has 0 aromatic heterocycles. The molecule has 1 amide bonds. The molecule has 1 aliphatic carbocycles. The summed E-state index contributed by atoms with van der Waals surface area (Å²) in [6.45, 7) is 5.24. The van der Waals surface area contributed by atoms with Crippen molar-refractivity contribution >= 4 is 15.9 Å². The predicted molar refractivity (Wildman–Crippen MR) is 121 cm³/mol. The van der Waals surface area contributed by atoms with Gasteiger partial charge in [-0.2, -0.15) is 0 Å². The smallest absolute Gasteiger partial charge is 0.254 e. The monoisotopic (exact) mass is 441 g/mol. The van der Waals surface area contributed by atoms with Crippen LogP contribution < -0.4 is 4.72 Å². The first-order valence-corrected chi connectivity index (χ1v) is 12.6. The predicted octanol–water partition coefficient (Wildman–Crippen LogP) is 3.17. The van der Waals surface area contributed by atoms with Gasteiger partial charge in [-0.15, -0.1) is 0 Å². The molecule has 2 aliphatic rings. The minimum Gasteiger partial charge on any atom is -0.336 e. The molecule has 6 nitrogen and oxygen atoms in total. The van der Waals surface area contributed by atoms with E-state index in [1.54, 1.807) is 12.1 Å². The summed E-state index contributed by atoms with van der Waals surface area (Å²) in [4.78, 5) is 17.7. The third-order valence-corrected chi connectivity index (χ3v) is 7.90. The zero-order chi connectivity index (χ0) is 21.8. The maximum Gasteiger partial charge on any atom is 0.254 e. The van der Waals surface area contributed by atoms with Crippen LogP contribution in [0.4, 0.5) is 0 Å². The highest BCUT2D eigenvalue weighted by Crippen LogP contribution is 2.25. The molecule has 2 aromatic carbocycles. The Morgan fingerprint density at radius 1 is 1.00 bits per heavy atom. The van der Waals surface area contributed by atoms with Crippen LogP contribution in [0.15, 0.2) is 53.4 Å². The van der Waals surface area contributed by atoms with E-state index in [4.69, 9.17) is 0 Å². The van der Waals surface area contributed by atoms with Gasteiger partial charge in [0.05, 0.1) is 4.90 Å². The standard InChI is InChI=1S/C24H31N3O3S/c1-19-11-12-22(31(29,30)25-18-20-7-3-2-4-8-20)17-23(19)24(28)27-15-13-26(14-16-27)21-9-5-6-10-21/h2-4,7-8,11-12,17,21,25H,5-6,9-10,13-16,18H2,1H3. The molecule has 0 unspecified atom stereocenters. The number of sulfonamides is 1. The molecule has 4 rings (SSSR count). The van der Waals surface area contributed by atoms with Crippen LogP contribution >= 0.6 is 0 Å². The number of rotatable bonds is 6. The molecular formula is C24H31N3O3S. The topological polar surface area (TPSA) is 69.7 Å². The quantitative estimate of drug-likeness (QED) is 0.748. The Hall–Kier alpha value is -2.22. The van der Waals surface area contributed by atoms with Crippen molar-refractivity contribution in [2.75, 3.05) is 26.2 Å². The van der Waals surface area contributed by atoms with Crippen LogP contribution in [0, 0.1) is 6.92 Å². The second-order valence-corrected chi connectivity index (χ2v) is 10.3. The van der Waals surface area contributed by atoms with Crippen molar-refractivity contribution in [3.63, 3.8) is 0 Å². The van der Waals surface area contributed by atoms with Crippen molar-refractivity contribution in [2.24, 2.45) is 0 Å². The molecule has 1 saturated heterocycles. The minimum atomic E-state index is -3.71. The lowest BCUT2D eigenvalue weighted by molar-refractivity contribution is 0.0572. The summed E-state index contributed by atoms with van der Waals surface area (Å²) >= 11 is 0. The van der Waals surface area contributed by atoms with Crippen molar-refractivity contribution in [1.29, 1.82) is 0 Å². The van der Waals surface area contributed by atoms with Gasteiger partial charge in [0, 0.05) is 44.3 Å². The third kappa shape index (κ3) is 5.17. The van der Waals surface area contributed by atoms with Gasteiger partial charge in [0.1, 0.15) is 0 Å². The number of amides is 1. The Kier molecular flexibility index (Phi) is 6.74. The van der Waals surface area contributed by atoms with E-state index >= 15 is 0 Å². The second kappa shape index (κ2) is 9.51. The van der Waals surface area contributed by atoms with E-state index in [1.807, 2.05) is 42.2 Å². The van der Waals surface area contributed by atoms with Crippen molar-refractivity contribution in [3.05, 3.63) is 65.2 Å². The maximum absolute atomic E-state index is 13.2. The molecule has 0 atom stereocenters. The Bertz CT molecular complexity index is 1010. The first kappa shape index (κ1) is 22.0. The van der Waals surface area contributed by atoms with Crippen LogP contribution in [0.1, 0.15) is 47.2 Å². The number of hydrogen-bond acceptors (Lipinski definition) is 4. The lowest BCUT2D eigenvalue weighted by Gasteiger charge is -2.38. The zero-order valence-electron chi connectivity index (χ0n) is 18.1. The van der Waals surface area contributed by atoms with Gasteiger partial charge in [0.25, 0.3) is 5.91 Å². The van der Waals surface area contributed by atoms with Crippen molar-refractivity contribution in [3.8, 4) is 0 Å². The number of benzene rings is 2. The summed E-state index contributed by atoms with van der Waals surface area (Å²) < 4.78 is 28.3. The van der Waals surface area contributed by atoms with Gasteiger partial charge >= 0.3 is 0 Å². The molecule has 2 aromatic rings. The molecule has 1 aliphatic heterocycles. The zero-order valence-corrected chi connectivity index (χ0v) is 18.9. The summed E-state index contributed by atoms with van der Waals surface area (Å²) in [6.07, 6.45) is 5.15. The number of aryl methyl sites for hydroxylation is 1. The number of hydrogen-bond donors (Lipinski definition) is 1. The molecular weight excluding hydrogens is 410 g/mol. The largest absolute Gasteiger partial charge is 0.336 e. The summed E-state index contributed by atoms with van der Waals surface area (Å²) in [7, 11) is -3.71. The number of carbonyl (C=O) groups is 1. The van der Waals surface area contributed by atoms with Gasteiger partial charge in [-0.3, -0.25) is 9.69 Å². The molecule has 166 valence electrons. The number of carbonyl (C=O) groups excluding carboxylic acids is 1. The van der Waals surface area contributed by atoms with Crippen molar-refractivity contribution in [2.45, 2.75) is 50.1 Å². The number of nitrogens with one attached hydrogen (secondary N) is 1. The van der Waals surface area contributed by atoms with Gasteiger partial charge in [0.15, 0.2) is 0 Å². The molecule has 31 heavy (non-hydrogen) atoms. The Morgan fingerprint density at radius 2 is 1.68 bits per heavy atom. The average molecular weight is 442 g/mol. The fourth-order valence-corrected chi connectivity index (χ4v) is 5.63. The lowest BCUT2D eigenvalue weighted by Crippen LogP contribution is -2.51. The molecule has 2 fully saturated rings. The fourth-order valence-electron chi connectivity index (χ4n) is 4.59. The molecule has 7 heteroatoms. The lowest BCUT2D eigenvalue weighted by atomic mass is 10.1. The molecule has 1 saturated carbocycles. The summed E-state index contributed by atoms with van der Waals surface area (Å²) in [5.41, 5.74) is 2.15. The van der Waals surface area contributed by atoms with Gasteiger partial charge in [-0.25, -0.2) is 13.1 Å². The highest BCUT2D eigenvalue weighted by molar-refractivity contribution is 7.89. The molecule has 1 N–H and O–H groups in total. The molecule has 0 radical (unpaired) electrons. The second-order valence-electron chi connectivity index (χ2n) is 8.55. The fraction of sp³-hybridized carbons (Fsp3) is 0.458. The Balaban J connectivity index is 1.44. The van der Waals surface area contributed by atoms with Crippen LogP contribution in [0.2, 0.25) is 0 Å². The molecule has 1 heterocycles. The number of nitrogens with zero attached hydrogens (tertiary/aromatic N) is 2. The maximum atomic E-state index is 13.2. The van der Waals surface area contributed by atoms with Crippen LogP contribution in [0.5, 0.6) is 0 Å². The van der Waals surface area contributed by atoms with E-state index in [9.17, 15) is 13.2 Å². The molecule has 0 bridgehead atoms. The van der Waals surface area contributed by atoms with Gasteiger partial charge < -0.3 is 4.90 Å². The third-order valence-electron chi connectivity index (χ3n) is 6.50. The van der Waals surface area contributed by atoms with Gasteiger partial charge in [-0.05, 0) is 43.0 Å². The van der Waals surface area contributed by atoms with E-state index in [0.717, 1.165) is 24.2 Å². The SMILES string of the molecule is Cc1ccc(S(=O)(=O)NCc2ccccc2)cc1C(=O)N1CCN(C2CCCC2)CC1. The summed E-state index contributed by atoms with van der Waals surface area (Å²) in [5.74, 6) is -0.0799. The van der Waals surface area contributed by atoms with E-state index in [1.165, 1.54) is 31.7 Å². The van der Waals surface area contributed by atoms with E-state index in [2.05, 4.69) is 9.62 Å². The van der Waals surface area contributed by atoms with Gasteiger partial charge in [0.2, 0.25) is 10.0 Å². The highest BCUT2D eigenvalue weighted by Gasteiger charge is 2.29. The van der Waals surface area contributed by atoms with Crippen LogP contribution in [-0.2, 0) is 16.6 Å². The normalized spacial score (nSPS) is 18.4. The first-order chi connectivity index (χ1) is 14.9. The van der Waals surface area contributed by atoms with Crippen LogP contribution in [0.25, 0.3) is 0 Å². The van der Waals surface area contributed by atoms with Crippen LogP contribution in [-0.4, -0.2) is 56.3 Å². The van der Waals surface area contributed by atoms with E-state index in [-0.39, 0.29) is 17.3 Å². The van der Waals surface area contributed by atoms with E-state index < -0.39 is 10.0 Å². The Labute approximate surface area is 185 Å². The van der Waals surface area contributed by atoms with Crippen molar-refractivity contribution < 1.29 is 13.2 Å².